The Kier molecular flexibility index (Phi) is 4.94. The number of benzene rings is 1. The van der Waals surface area contributed by atoms with Crippen LogP contribution in [0, 0.1) is 3.57 Å². The molecule has 0 saturated carbocycles. The number of amides is 2. The first kappa shape index (κ1) is 14.8. The van der Waals surface area contributed by atoms with Gasteiger partial charge in [0.05, 0.1) is 0 Å². The minimum atomic E-state index is -0.632. The second-order valence-electron chi connectivity index (χ2n) is 4.33. The molecular formula is C13H13IN2O4. The molecule has 2 N–H and O–H groups in total. The zero-order chi connectivity index (χ0) is 14.5. The molecule has 2 amide bonds. The summed E-state index contributed by atoms with van der Waals surface area (Å²) in [4.78, 5) is 34.2. The number of halogens is 1. The van der Waals surface area contributed by atoms with Gasteiger partial charge >= 0.3 is 5.97 Å². The van der Waals surface area contributed by atoms with Crippen molar-refractivity contribution in [1.29, 1.82) is 0 Å². The Morgan fingerprint density at radius 2 is 2.25 bits per heavy atom. The van der Waals surface area contributed by atoms with Crippen molar-refractivity contribution < 1.29 is 19.1 Å². The average molecular weight is 388 g/mol. The number of carbonyl (C=O) groups excluding carboxylic acids is 3. The van der Waals surface area contributed by atoms with Gasteiger partial charge in [-0.15, -0.1) is 0 Å². The third-order valence-corrected chi connectivity index (χ3v) is 3.40. The van der Waals surface area contributed by atoms with Gasteiger partial charge in [-0.1, -0.05) is 6.07 Å². The zero-order valence-corrected chi connectivity index (χ0v) is 12.7. The number of rotatable bonds is 4. The number of hydrogen-bond acceptors (Lipinski definition) is 4. The van der Waals surface area contributed by atoms with Crippen molar-refractivity contribution in [2.24, 2.45) is 0 Å². The van der Waals surface area contributed by atoms with Crippen LogP contribution in [0.25, 0.3) is 0 Å². The first-order valence-electron chi connectivity index (χ1n) is 6.06. The largest absolute Gasteiger partial charge is 0.454 e. The molecule has 6 nitrogen and oxygen atoms in total. The maximum absolute atomic E-state index is 11.6. The summed E-state index contributed by atoms with van der Waals surface area (Å²) in [6.07, 6.45) is 0.727. The van der Waals surface area contributed by atoms with Gasteiger partial charge in [0.25, 0.3) is 5.91 Å². The van der Waals surface area contributed by atoms with Crippen molar-refractivity contribution in [3.05, 3.63) is 27.8 Å². The molecule has 106 valence electrons. The van der Waals surface area contributed by atoms with Crippen LogP contribution in [0.3, 0.4) is 0 Å². The lowest BCUT2D eigenvalue weighted by Crippen LogP contribution is -2.36. The molecule has 1 heterocycles. The van der Waals surface area contributed by atoms with Crippen LogP contribution < -0.4 is 10.6 Å². The van der Waals surface area contributed by atoms with Gasteiger partial charge < -0.3 is 15.4 Å². The molecule has 1 aromatic rings. The summed E-state index contributed by atoms with van der Waals surface area (Å²) in [7, 11) is 0. The molecular weight excluding hydrogens is 375 g/mol. The normalized spacial score (nSPS) is 17.4. The number of ether oxygens (including phenoxy) is 1. The third-order valence-electron chi connectivity index (χ3n) is 2.73. The molecule has 1 aromatic carbocycles. The Bertz CT molecular complexity index is 547. The molecule has 1 aliphatic heterocycles. The molecule has 7 heteroatoms. The Morgan fingerprint density at radius 3 is 2.90 bits per heavy atom. The minimum Gasteiger partial charge on any atom is -0.454 e. The standard InChI is InChI=1S/C13H13IN2O4/c14-8-2-1-3-9(6-8)15-12(18)7-20-13(19)10-4-5-11(17)16-10/h1-3,6,10H,4-5,7H2,(H,15,18)(H,16,17)/t10-/m1/s1. The van der Waals surface area contributed by atoms with E-state index in [0.29, 0.717) is 18.5 Å². The molecule has 20 heavy (non-hydrogen) atoms. The quantitative estimate of drug-likeness (QED) is 0.597. The predicted octanol–water partition coefficient (Wildman–Crippen LogP) is 1.05. The maximum Gasteiger partial charge on any atom is 0.329 e. The molecule has 1 atom stereocenters. The minimum absolute atomic E-state index is 0.171. The average Bonchev–Trinajstić information content (AvgIpc) is 2.83. The Hall–Kier alpha value is -1.64. The molecule has 0 aliphatic carbocycles. The Labute approximate surface area is 129 Å². The van der Waals surface area contributed by atoms with Crippen molar-refractivity contribution in [3.8, 4) is 0 Å². The molecule has 0 spiro atoms. The molecule has 1 fully saturated rings. The summed E-state index contributed by atoms with van der Waals surface area (Å²) in [5.41, 5.74) is 0.645. The van der Waals surface area contributed by atoms with Crippen LogP contribution in [0.4, 0.5) is 5.69 Å². The summed E-state index contributed by atoms with van der Waals surface area (Å²) in [6.45, 7) is -0.364. The number of esters is 1. The molecule has 2 rings (SSSR count). The second-order valence-corrected chi connectivity index (χ2v) is 5.57. The van der Waals surface area contributed by atoms with E-state index in [4.69, 9.17) is 4.74 Å². The highest BCUT2D eigenvalue weighted by Crippen LogP contribution is 2.12. The van der Waals surface area contributed by atoms with Gasteiger partial charge in [0.15, 0.2) is 6.61 Å². The van der Waals surface area contributed by atoms with Gasteiger partial charge in [-0.05, 0) is 47.2 Å². The van der Waals surface area contributed by atoms with Gasteiger partial charge in [0, 0.05) is 15.7 Å². The van der Waals surface area contributed by atoms with Crippen molar-refractivity contribution in [2.45, 2.75) is 18.9 Å². The van der Waals surface area contributed by atoms with Crippen LogP contribution in [-0.2, 0) is 19.1 Å². The second kappa shape index (κ2) is 6.69. The van der Waals surface area contributed by atoms with Crippen molar-refractivity contribution in [3.63, 3.8) is 0 Å². The lowest BCUT2D eigenvalue weighted by atomic mass is 10.2. The third kappa shape index (κ3) is 4.19. The highest BCUT2D eigenvalue weighted by Gasteiger charge is 2.28. The van der Waals surface area contributed by atoms with E-state index in [9.17, 15) is 14.4 Å². The van der Waals surface area contributed by atoms with Crippen LogP contribution in [-0.4, -0.2) is 30.4 Å². The fraction of sp³-hybridized carbons (Fsp3) is 0.308. The molecule has 0 radical (unpaired) electrons. The van der Waals surface area contributed by atoms with Gasteiger partial charge in [-0.3, -0.25) is 9.59 Å². The van der Waals surface area contributed by atoms with Crippen LogP contribution in [0.1, 0.15) is 12.8 Å². The summed E-state index contributed by atoms with van der Waals surface area (Å²) < 4.78 is 5.86. The van der Waals surface area contributed by atoms with Crippen molar-refractivity contribution in [1.82, 2.24) is 5.32 Å². The van der Waals surface area contributed by atoms with E-state index in [1.165, 1.54) is 0 Å². The topological polar surface area (TPSA) is 84.5 Å². The Morgan fingerprint density at radius 1 is 1.45 bits per heavy atom. The zero-order valence-electron chi connectivity index (χ0n) is 10.5. The predicted molar refractivity (Wildman–Crippen MR) is 79.9 cm³/mol. The number of carbonyl (C=O) groups is 3. The molecule has 1 saturated heterocycles. The number of nitrogens with one attached hydrogen (secondary N) is 2. The smallest absolute Gasteiger partial charge is 0.329 e. The summed E-state index contributed by atoms with van der Waals surface area (Å²) in [5, 5.41) is 5.12. The SMILES string of the molecule is O=C(COC(=O)[C@H]1CCC(=O)N1)Nc1cccc(I)c1. The van der Waals surface area contributed by atoms with Crippen LogP contribution in [0.15, 0.2) is 24.3 Å². The highest BCUT2D eigenvalue weighted by atomic mass is 127. The lowest BCUT2D eigenvalue weighted by Gasteiger charge is -2.10. The summed E-state index contributed by atoms with van der Waals surface area (Å²) in [5.74, 6) is -1.16. The van der Waals surface area contributed by atoms with Crippen LogP contribution in [0.2, 0.25) is 0 Å². The Balaban J connectivity index is 1.77. The van der Waals surface area contributed by atoms with E-state index in [0.717, 1.165) is 3.57 Å². The first-order chi connectivity index (χ1) is 9.54. The van der Waals surface area contributed by atoms with Gasteiger partial charge in [-0.2, -0.15) is 0 Å². The van der Waals surface area contributed by atoms with Crippen molar-refractivity contribution in [2.75, 3.05) is 11.9 Å². The van der Waals surface area contributed by atoms with Crippen LogP contribution in [0.5, 0.6) is 0 Å². The number of anilines is 1. The fourth-order valence-electron chi connectivity index (χ4n) is 1.79. The van der Waals surface area contributed by atoms with E-state index >= 15 is 0 Å². The molecule has 0 aromatic heterocycles. The summed E-state index contributed by atoms with van der Waals surface area (Å²) in [6, 6.07) is 6.64. The fourth-order valence-corrected chi connectivity index (χ4v) is 2.33. The van der Waals surface area contributed by atoms with E-state index in [-0.39, 0.29) is 12.5 Å². The first-order valence-corrected chi connectivity index (χ1v) is 7.14. The van der Waals surface area contributed by atoms with Crippen molar-refractivity contribution >= 4 is 46.1 Å². The van der Waals surface area contributed by atoms with E-state index in [1.54, 1.807) is 12.1 Å². The van der Waals surface area contributed by atoms with Gasteiger partial charge in [0.2, 0.25) is 5.91 Å². The molecule has 1 aliphatic rings. The van der Waals surface area contributed by atoms with Crippen LogP contribution >= 0.6 is 22.6 Å². The molecule has 0 unspecified atom stereocenters. The van der Waals surface area contributed by atoms with E-state index < -0.39 is 17.9 Å². The van der Waals surface area contributed by atoms with E-state index in [2.05, 4.69) is 33.2 Å². The van der Waals surface area contributed by atoms with Gasteiger partial charge in [0.1, 0.15) is 6.04 Å². The number of hydrogen-bond donors (Lipinski definition) is 2. The van der Waals surface area contributed by atoms with E-state index in [1.807, 2.05) is 12.1 Å². The lowest BCUT2D eigenvalue weighted by molar-refractivity contribution is -0.149. The maximum atomic E-state index is 11.6. The summed E-state index contributed by atoms with van der Waals surface area (Å²) >= 11 is 2.13. The van der Waals surface area contributed by atoms with Gasteiger partial charge in [-0.25, -0.2) is 4.79 Å². The molecule has 0 bridgehead atoms. The highest BCUT2D eigenvalue weighted by molar-refractivity contribution is 14.1. The monoisotopic (exact) mass is 388 g/mol.